The van der Waals surface area contributed by atoms with Crippen LogP contribution in [0.4, 0.5) is 5.82 Å². The molecule has 94 valence electrons. The number of hydrogen-bond donors (Lipinski definition) is 1. The van der Waals surface area contributed by atoms with E-state index in [1.807, 2.05) is 13.0 Å². The molecule has 0 aliphatic heterocycles. The minimum absolute atomic E-state index is 0.202. The van der Waals surface area contributed by atoms with E-state index in [1.54, 1.807) is 11.4 Å². The lowest BCUT2D eigenvalue weighted by Gasteiger charge is -2.08. The van der Waals surface area contributed by atoms with E-state index >= 15 is 0 Å². The molecule has 0 fully saturated rings. The predicted octanol–water partition coefficient (Wildman–Crippen LogP) is 1.64. The quantitative estimate of drug-likeness (QED) is 0.923. The maximum atomic E-state index is 12.0. The number of sulfonamides is 1. The zero-order chi connectivity index (χ0) is 13.2. The Bertz CT molecular complexity index is 680. The Morgan fingerprint density at radius 2 is 2.39 bits per heavy atom. The Balaban J connectivity index is 2.41. The highest BCUT2D eigenvalue weighted by atomic mass is 32.2. The van der Waals surface area contributed by atoms with Gasteiger partial charge in [-0.15, -0.1) is 11.3 Å². The topological polar surface area (TPSA) is 87.8 Å². The summed E-state index contributed by atoms with van der Waals surface area (Å²) in [7, 11) is -3.65. The maximum Gasteiger partial charge on any atom is 0.272 e. The van der Waals surface area contributed by atoms with Gasteiger partial charge in [0.1, 0.15) is 15.8 Å². The molecule has 0 aliphatic carbocycles. The molecule has 0 spiro atoms. The van der Waals surface area contributed by atoms with E-state index in [2.05, 4.69) is 9.82 Å². The molecule has 0 atom stereocenters. The van der Waals surface area contributed by atoms with E-state index in [-0.39, 0.29) is 15.6 Å². The number of hydrogen-bond acceptors (Lipinski definition) is 5. The van der Waals surface area contributed by atoms with Gasteiger partial charge in [0.15, 0.2) is 5.82 Å². The monoisotopic (exact) mass is 282 g/mol. The first-order valence-electron chi connectivity index (χ1n) is 5.10. The second-order valence-corrected chi connectivity index (χ2v) is 6.23. The van der Waals surface area contributed by atoms with Crippen LogP contribution in [-0.4, -0.2) is 18.2 Å². The van der Waals surface area contributed by atoms with Gasteiger partial charge in [-0.25, -0.2) is 13.1 Å². The first kappa shape index (κ1) is 12.6. The molecule has 2 aromatic heterocycles. The van der Waals surface area contributed by atoms with Crippen LogP contribution in [0.1, 0.15) is 12.5 Å². The molecule has 2 rings (SSSR count). The molecule has 2 aromatic rings. The summed E-state index contributed by atoms with van der Waals surface area (Å²) in [5.74, 6) is 0.202. The fraction of sp³-hybridized carbons (Fsp3) is 0.200. The molecule has 0 unspecified atom stereocenters. The molecule has 1 N–H and O–H groups in total. The van der Waals surface area contributed by atoms with E-state index in [0.717, 1.165) is 11.3 Å². The average molecular weight is 282 g/mol. The Labute approximate surface area is 109 Å². The van der Waals surface area contributed by atoms with E-state index in [1.165, 1.54) is 16.9 Å². The predicted molar refractivity (Wildman–Crippen MR) is 67.7 cm³/mol. The molecule has 6 nitrogen and oxygen atoms in total. The van der Waals surface area contributed by atoms with Crippen molar-refractivity contribution in [2.75, 3.05) is 4.72 Å². The zero-order valence-corrected chi connectivity index (χ0v) is 11.1. The van der Waals surface area contributed by atoms with Gasteiger partial charge in [0, 0.05) is 6.54 Å². The molecule has 0 aliphatic rings. The number of aromatic nitrogens is 2. The van der Waals surface area contributed by atoms with Gasteiger partial charge in [0.05, 0.1) is 6.20 Å². The molecular formula is C10H10N4O2S2. The van der Waals surface area contributed by atoms with Crippen LogP contribution in [0.5, 0.6) is 0 Å². The molecule has 0 saturated carbocycles. The Morgan fingerprint density at radius 3 is 2.94 bits per heavy atom. The molecule has 2 heterocycles. The Kier molecular flexibility index (Phi) is 3.36. The highest BCUT2D eigenvalue weighted by Gasteiger charge is 2.20. The molecule has 18 heavy (non-hydrogen) atoms. The molecule has 8 heteroatoms. The minimum Gasteiger partial charge on any atom is -0.262 e. The summed E-state index contributed by atoms with van der Waals surface area (Å²) in [5, 5.41) is 14.5. The summed E-state index contributed by atoms with van der Waals surface area (Å²) in [6.07, 6.45) is 1.34. The van der Waals surface area contributed by atoms with Crippen LogP contribution in [0, 0.1) is 11.3 Å². The molecular weight excluding hydrogens is 272 g/mol. The molecule has 0 saturated heterocycles. The van der Waals surface area contributed by atoms with Gasteiger partial charge in [-0.3, -0.25) is 4.72 Å². The van der Waals surface area contributed by atoms with Gasteiger partial charge in [-0.1, -0.05) is 6.07 Å². The van der Waals surface area contributed by atoms with Gasteiger partial charge in [-0.2, -0.15) is 10.4 Å². The van der Waals surface area contributed by atoms with Gasteiger partial charge in [-0.05, 0) is 18.4 Å². The number of rotatable bonds is 4. The van der Waals surface area contributed by atoms with E-state index in [0.29, 0.717) is 6.54 Å². The third kappa shape index (κ3) is 2.23. The van der Waals surface area contributed by atoms with Crippen molar-refractivity contribution >= 4 is 27.2 Å². The number of nitrogens with one attached hydrogen (secondary N) is 1. The summed E-state index contributed by atoms with van der Waals surface area (Å²) < 4.78 is 28.1. The van der Waals surface area contributed by atoms with Crippen molar-refractivity contribution in [3.05, 3.63) is 29.3 Å². The first-order chi connectivity index (χ1) is 8.58. The largest absolute Gasteiger partial charge is 0.272 e. The number of nitrogens with zero attached hydrogens (tertiary/aromatic N) is 3. The molecule has 0 bridgehead atoms. The highest BCUT2D eigenvalue weighted by Crippen LogP contribution is 2.22. The average Bonchev–Trinajstić information content (AvgIpc) is 2.97. The van der Waals surface area contributed by atoms with E-state index in [9.17, 15) is 8.42 Å². The summed E-state index contributed by atoms with van der Waals surface area (Å²) >= 11 is 1.12. The van der Waals surface area contributed by atoms with Crippen molar-refractivity contribution in [1.29, 1.82) is 5.26 Å². The van der Waals surface area contributed by atoms with Crippen LogP contribution < -0.4 is 4.72 Å². The second kappa shape index (κ2) is 4.80. The van der Waals surface area contributed by atoms with Crippen LogP contribution >= 0.6 is 11.3 Å². The van der Waals surface area contributed by atoms with Crippen molar-refractivity contribution in [1.82, 2.24) is 9.78 Å². The van der Waals surface area contributed by atoms with Gasteiger partial charge in [0.25, 0.3) is 10.0 Å². The van der Waals surface area contributed by atoms with Crippen LogP contribution in [0.3, 0.4) is 0 Å². The lowest BCUT2D eigenvalue weighted by Crippen LogP contribution is -2.16. The minimum atomic E-state index is -3.65. The molecule has 0 amide bonds. The van der Waals surface area contributed by atoms with Crippen LogP contribution in [-0.2, 0) is 16.6 Å². The first-order valence-corrected chi connectivity index (χ1v) is 7.47. The van der Waals surface area contributed by atoms with Gasteiger partial charge < -0.3 is 0 Å². The number of anilines is 1. The van der Waals surface area contributed by atoms with Crippen LogP contribution in [0.15, 0.2) is 27.9 Å². The summed E-state index contributed by atoms with van der Waals surface area (Å²) in [5.41, 5.74) is 0.206. The van der Waals surface area contributed by atoms with Crippen LogP contribution in [0.25, 0.3) is 0 Å². The fourth-order valence-corrected chi connectivity index (χ4v) is 3.48. The lowest BCUT2D eigenvalue weighted by molar-refractivity contribution is 0.601. The third-order valence-corrected chi connectivity index (χ3v) is 4.99. The standard InChI is InChI=1S/C10H10N4O2S2/c1-2-14-10(8(6-11)7-12-14)13-18(15,16)9-4-3-5-17-9/h3-5,7,13H,2H2,1H3. The maximum absolute atomic E-state index is 12.0. The van der Waals surface area contributed by atoms with E-state index < -0.39 is 10.0 Å². The summed E-state index contributed by atoms with van der Waals surface area (Å²) in [4.78, 5) is 0. The van der Waals surface area contributed by atoms with Gasteiger partial charge in [0.2, 0.25) is 0 Å². The summed E-state index contributed by atoms with van der Waals surface area (Å²) in [6.45, 7) is 2.29. The van der Waals surface area contributed by atoms with Gasteiger partial charge >= 0.3 is 0 Å². The smallest absolute Gasteiger partial charge is 0.262 e. The van der Waals surface area contributed by atoms with Crippen molar-refractivity contribution in [2.24, 2.45) is 0 Å². The Hall–Kier alpha value is -1.85. The number of nitriles is 1. The summed E-state index contributed by atoms with van der Waals surface area (Å²) in [6, 6.07) is 5.07. The second-order valence-electron chi connectivity index (χ2n) is 3.37. The normalized spacial score (nSPS) is 11.1. The van der Waals surface area contributed by atoms with Crippen molar-refractivity contribution in [3.63, 3.8) is 0 Å². The SMILES string of the molecule is CCn1ncc(C#N)c1NS(=O)(=O)c1cccs1. The van der Waals surface area contributed by atoms with Crippen molar-refractivity contribution in [2.45, 2.75) is 17.7 Å². The fourth-order valence-electron chi connectivity index (χ4n) is 1.41. The van der Waals surface area contributed by atoms with E-state index in [4.69, 9.17) is 5.26 Å². The van der Waals surface area contributed by atoms with Crippen LogP contribution in [0.2, 0.25) is 0 Å². The van der Waals surface area contributed by atoms with Crippen molar-refractivity contribution < 1.29 is 8.42 Å². The molecule has 0 radical (unpaired) electrons. The number of aryl methyl sites for hydroxylation is 1. The lowest BCUT2D eigenvalue weighted by atomic mass is 10.4. The molecule has 0 aromatic carbocycles. The highest BCUT2D eigenvalue weighted by molar-refractivity contribution is 7.94. The third-order valence-electron chi connectivity index (χ3n) is 2.25. The Morgan fingerprint density at radius 1 is 1.61 bits per heavy atom. The zero-order valence-electron chi connectivity index (χ0n) is 9.49. The van der Waals surface area contributed by atoms with Crippen molar-refractivity contribution in [3.8, 4) is 6.07 Å². The number of thiophene rings is 1.